The molecule has 1 aromatic rings. The summed E-state index contributed by atoms with van der Waals surface area (Å²) in [5.41, 5.74) is -0.629. The van der Waals surface area contributed by atoms with Crippen molar-refractivity contribution in [2.45, 2.75) is 30.5 Å². The normalized spacial score (nSPS) is 33.0. The van der Waals surface area contributed by atoms with Crippen molar-refractivity contribution in [1.82, 2.24) is 9.97 Å². The van der Waals surface area contributed by atoms with Crippen LogP contribution in [0.4, 0.5) is 5.82 Å². The number of aromatic amines is 1. The molecule has 2 rings (SSSR count). The van der Waals surface area contributed by atoms with E-state index in [1.165, 1.54) is 7.05 Å². The molecule has 2 heterocycles. The van der Waals surface area contributed by atoms with Gasteiger partial charge >= 0.3 is 5.69 Å². The highest BCUT2D eigenvalue weighted by molar-refractivity contribution is 5.44. The van der Waals surface area contributed by atoms with Crippen molar-refractivity contribution in [2.24, 2.45) is 0 Å². The first kappa shape index (κ1) is 15.8. The van der Waals surface area contributed by atoms with E-state index in [0.717, 1.165) is 6.20 Å². The second-order valence-corrected chi connectivity index (χ2v) is 4.77. The van der Waals surface area contributed by atoms with Crippen LogP contribution in [0.25, 0.3) is 0 Å². The number of aliphatic hydroxyl groups is 4. The molecule has 0 spiro atoms. The quantitative estimate of drug-likeness (QED) is 0.322. The van der Waals surface area contributed by atoms with E-state index in [0.29, 0.717) is 5.06 Å². The number of rotatable bonds is 3. The third kappa shape index (κ3) is 2.90. The van der Waals surface area contributed by atoms with Gasteiger partial charge in [0.25, 0.3) is 0 Å². The zero-order valence-electron chi connectivity index (χ0n) is 11.1. The zero-order valence-corrected chi connectivity index (χ0v) is 11.1. The van der Waals surface area contributed by atoms with Gasteiger partial charge in [-0.3, -0.25) is 10.2 Å². The first-order valence-electron chi connectivity index (χ1n) is 6.19. The van der Waals surface area contributed by atoms with E-state index in [9.17, 15) is 25.3 Å². The lowest BCUT2D eigenvalue weighted by atomic mass is 9.92. The van der Waals surface area contributed by atoms with Gasteiger partial charge in [0.2, 0.25) is 0 Å². The van der Waals surface area contributed by atoms with Crippen LogP contribution in [0.1, 0.15) is 11.7 Å². The molecular weight excluding hydrogens is 286 g/mol. The molecule has 5 atom stereocenters. The average Bonchev–Trinajstić information content (AvgIpc) is 2.45. The summed E-state index contributed by atoms with van der Waals surface area (Å²) in [5.74, 6) is -0.0840. The topological polar surface area (TPSA) is 159 Å². The van der Waals surface area contributed by atoms with Crippen LogP contribution in [0.5, 0.6) is 0 Å². The average molecular weight is 303 g/mol. The summed E-state index contributed by atoms with van der Waals surface area (Å²) in [6.07, 6.45) is -5.81. The molecule has 0 amide bonds. The minimum absolute atomic E-state index is 0.0840. The Balaban J connectivity index is 2.43. The third-order valence-corrected chi connectivity index (χ3v) is 3.34. The molecule has 0 saturated carbocycles. The van der Waals surface area contributed by atoms with Crippen molar-refractivity contribution in [3.05, 3.63) is 22.2 Å². The van der Waals surface area contributed by atoms with Gasteiger partial charge in [-0.2, -0.15) is 0 Å². The van der Waals surface area contributed by atoms with E-state index in [2.05, 4.69) is 9.97 Å². The number of ether oxygens (including phenoxy) is 1. The second kappa shape index (κ2) is 6.05. The maximum Gasteiger partial charge on any atom is 0.346 e. The van der Waals surface area contributed by atoms with Crippen molar-refractivity contribution in [2.75, 3.05) is 18.7 Å². The van der Waals surface area contributed by atoms with Gasteiger partial charge in [-0.25, -0.2) is 14.8 Å². The largest absolute Gasteiger partial charge is 0.394 e. The molecule has 0 bridgehead atoms. The number of aliphatic hydroxyl groups excluding tert-OH is 4. The molecule has 0 unspecified atom stereocenters. The Labute approximate surface area is 118 Å². The molecule has 1 aromatic heterocycles. The highest BCUT2D eigenvalue weighted by atomic mass is 16.5. The van der Waals surface area contributed by atoms with E-state index < -0.39 is 42.8 Å². The summed E-state index contributed by atoms with van der Waals surface area (Å²) in [4.78, 5) is 17.0. The lowest BCUT2D eigenvalue weighted by Crippen LogP contribution is -2.55. The van der Waals surface area contributed by atoms with Crippen LogP contribution in [0.3, 0.4) is 0 Å². The second-order valence-electron chi connectivity index (χ2n) is 4.77. The van der Waals surface area contributed by atoms with E-state index in [-0.39, 0.29) is 11.4 Å². The van der Waals surface area contributed by atoms with Crippen LogP contribution in [0.15, 0.2) is 11.0 Å². The summed E-state index contributed by atoms with van der Waals surface area (Å²) >= 11 is 0. The number of anilines is 1. The molecule has 0 aliphatic carbocycles. The summed E-state index contributed by atoms with van der Waals surface area (Å²) < 4.78 is 5.34. The van der Waals surface area contributed by atoms with Gasteiger partial charge in [0.15, 0.2) is 0 Å². The van der Waals surface area contributed by atoms with Crippen LogP contribution in [0.2, 0.25) is 0 Å². The van der Waals surface area contributed by atoms with E-state index >= 15 is 0 Å². The molecule has 1 aliphatic rings. The van der Waals surface area contributed by atoms with Crippen LogP contribution in [0, 0.1) is 0 Å². The van der Waals surface area contributed by atoms with Crippen molar-refractivity contribution >= 4 is 5.82 Å². The number of hydrogen-bond donors (Lipinski definition) is 6. The van der Waals surface area contributed by atoms with E-state index in [4.69, 9.17) is 9.84 Å². The van der Waals surface area contributed by atoms with E-state index in [1.54, 1.807) is 0 Å². The standard InChI is InChI=1S/C11H17N3O7/c1-14(20)10-4(2-12-11(19)13-10)9-8(18)7(17)6(16)5(3-15)21-9/h2,5-9,15-18,20H,3H2,1H3,(H,12,13,19)/t5-,6-,7+,8-,9+/m1/s1. The predicted molar refractivity (Wildman–Crippen MR) is 67.8 cm³/mol. The Bertz CT molecular complexity index is 547. The zero-order chi connectivity index (χ0) is 15.7. The Morgan fingerprint density at radius 2 is 2.00 bits per heavy atom. The molecule has 10 heteroatoms. The van der Waals surface area contributed by atoms with Crippen LogP contribution in [-0.4, -0.2) is 73.7 Å². The SMILES string of the molecule is CN(O)c1[nH]c(=O)ncc1[C@@H]1O[C@H](CO)[C@@H](O)[C@H](O)[C@H]1O. The van der Waals surface area contributed by atoms with Crippen LogP contribution < -0.4 is 10.8 Å². The number of hydrogen-bond acceptors (Lipinski definition) is 9. The molecule has 10 nitrogen and oxygen atoms in total. The minimum atomic E-state index is -1.57. The van der Waals surface area contributed by atoms with Crippen LogP contribution >= 0.6 is 0 Å². The summed E-state index contributed by atoms with van der Waals surface area (Å²) in [6.45, 7) is -0.581. The number of hydroxylamine groups is 1. The summed E-state index contributed by atoms with van der Waals surface area (Å²) in [7, 11) is 1.23. The molecule has 1 saturated heterocycles. The molecule has 118 valence electrons. The summed E-state index contributed by atoms with van der Waals surface area (Å²) in [5, 5.41) is 48.7. The Kier molecular flexibility index (Phi) is 4.56. The minimum Gasteiger partial charge on any atom is -0.394 e. The first-order valence-corrected chi connectivity index (χ1v) is 6.19. The monoisotopic (exact) mass is 303 g/mol. The fourth-order valence-electron chi connectivity index (χ4n) is 2.23. The van der Waals surface area contributed by atoms with Gasteiger partial charge < -0.3 is 25.2 Å². The Morgan fingerprint density at radius 1 is 1.33 bits per heavy atom. The first-order chi connectivity index (χ1) is 9.86. The van der Waals surface area contributed by atoms with Crippen molar-refractivity contribution < 1.29 is 30.4 Å². The fraction of sp³-hybridized carbons (Fsp3) is 0.636. The lowest BCUT2D eigenvalue weighted by molar-refractivity contribution is -0.231. The summed E-state index contributed by atoms with van der Waals surface area (Å²) in [6, 6.07) is 0. The fourth-order valence-corrected chi connectivity index (χ4v) is 2.23. The maximum absolute atomic E-state index is 11.2. The number of aromatic nitrogens is 2. The van der Waals surface area contributed by atoms with Gasteiger partial charge in [0.05, 0.1) is 6.61 Å². The van der Waals surface area contributed by atoms with Crippen LogP contribution in [-0.2, 0) is 4.74 Å². The number of nitrogens with one attached hydrogen (secondary N) is 1. The molecule has 0 aromatic carbocycles. The highest BCUT2D eigenvalue weighted by Crippen LogP contribution is 2.34. The maximum atomic E-state index is 11.2. The molecule has 1 aliphatic heterocycles. The van der Waals surface area contributed by atoms with Crippen molar-refractivity contribution in [3.8, 4) is 0 Å². The van der Waals surface area contributed by atoms with Crippen molar-refractivity contribution in [1.29, 1.82) is 0 Å². The molecular formula is C11H17N3O7. The molecule has 6 N–H and O–H groups in total. The van der Waals surface area contributed by atoms with Gasteiger partial charge in [-0.15, -0.1) is 0 Å². The number of nitrogens with zero attached hydrogens (tertiary/aromatic N) is 2. The lowest BCUT2D eigenvalue weighted by Gasteiger charge is -2.40. The van der Waals surface area contributed by atoms with Gasteiger partial charge in [0, 0.05) is 18.8 Å². The van der Waals surface area contributed by atoms with Gasteiger partial charge in [0.1, 0.15) is 36.3 Å². The number of H-pyrrole nitrogens is 1. The molecule has 1 fully saturated rings. The van der Waals surface area contributed by atoms with Gasteiger partial charge in [-0.1, -0.05) is 0 Å². The van der Waals surface area contributed by atoms with Crippen molar-refractivity contribution in [3.63, 3.8) is 0 Å². The Hall–Kier alpha value is -1.56. The smallest absolute Gasteiger partial charge is 0.346 e. The predicted octanol–water partition coefficient (Wildman–Crippen LogP) is -2.89. The Morgan fingerprint density at radius 3 is 2.57 bits per heavy atom. The highest BCUT2D eigenvalue weighted by Gasteiger charge is 2.45. The van der Waals surface area contributed by atoms with E-state index in [1.807, 2.05) is 0 Å². The molecule has 0 radical (unpaired) electrons. The third-order valence-electron chi connectivity index (χ3n) is 3.34. The van der Waals surface area contributed by atoms with Gasteiger partial charge in [-0.05, 0) is 0 Å². The molecule has 21 heavy (non-hydrogen) atoms.